The van der Waals surface area contributed by atoms with E-state index in [4.69, 9.17) is 24.5 Å². The van der Waals surface area contributed by atoms with Crippen molar-refractivity contribution >= 4 is 21.5 Å². The van der Waals surface area contributed by atoms with Crippen molar-refractivity contribution in [2.45, 2.75) is 55.4 Å². The summed E-state index contributed by atoms with van der Waals surface area (Å²) in [5.41, 5.74) is 6.37. The Kier molecular flexibility index (Phi) is 6.30. The molecule has 0 radical (unpaired) electrons. The maximum atomic E-state index is 10.5. The molecule has 35 heavy (non-hydrogen) atoms. The molecule has 186 valence electrons. The van der Waals surface area contributed by atoms with E-state index in [1.165, 1.54) is 23.0 Å². The number of nitrogens with zero attached hydrogens (tertiary/aromatic N) is 4. The molecule has 2 aromatic heterocycles. The van der Waals surface area contributed by atoms with Gasteiger partial charge in [0.2, 0.25) is 5.60 Å². The summed E-state index contributed by atoms with van der Waals surface area (Å²) >= 11 is 0. The molecule has 3 aromatic rings. The van der Waals surface area contributed by atoms with Crippen molar-refractivity contribution in [2.24, 2.45) is 0 Å². The number of hydrogen-bond donors (Lipinski definition) is 3. The molecule has 0 unspecified atom stereocenters. The Morgan fingerprint density at radius 3 is 2.46 bits per heavy atom. The summed E-state index contributed by atoms with van der Waals surface area (Å²) in [5.74, 6) is -0.586. The highest BCUT2D eigenvalue weighted by atomic mass is 32.2. The van der Waals surface area contributed by atoms with Gasteiger partial charge in [-0.05, 0) is 45.0 Å². The number of ether oxygens (including phenoxy) is 3. The molecule has 0 aliphatic carbocycles. The number of fused-ring (bicyclic) bond motifs is 2. The molecular formula is C22H25N5O7S. The summed E-state index contributed by atoms with van der Waals surface area (Å²) in [4.78, 5) is 3.88. The molecule has 4 N–H and O–H groups in total. The second kappa shape index (κ2) is 8.83. The molecule has 4 heterocycles. The first-order valence-corrected chi connectivity index (χ1v) is 12.0. The van der Waals surface area contributed by atoms with Gasteiger partial charge in [-0.1, -0.05) is 17.7 Å². The molecule has 12 nitrogen and oxygen atoms in total. The zero-order chi connectivity index (χ0) is 25.6. The normalized spacial score (nSPS) is 27.1. The van der Waals surface area contributed by atoms with Crippen LogP contribution >= 0.6 is 0 Å². The highest BCUT2D eigenvalue weighted by molar-refractivity contribution is 7.85. The Balaban J connectivity index is 0.000000221. The van der Waals surface area contributed by atoms with Crippen LogP contribution in [-0.4, -0.2) is 63.4 Å². The number of anilines is 1. The van der Waals surface area contributed by atoms with Gasteiger partial charge in [0, 0.05) is 0 Å². The molecule has 2 aliphatic heterocycles. The Morgan fingerprint density at radius 2 is 1.86 bits per heavy atom. The maximum absolute atomic E-state index is 10.5. The fraction of sp³-hybridized carbons (Fsp3) is 0.409. The minimum absolute atomic E-state index is 0.0666. The van der Waals surface area contributed by atoms with Crippen LogP contribution in [0.25, 0.3) is 5.52 Å². The summed E-state index contributed by atoms with van der Waals surface area (Å²) in [6.07, 6.45) is -0.637. The first kappa shape index (κ1) is 25.0. The van der Waals surface area contributed by atoms with Crippen molar-refractivity contribution in [3.05, 3.63) is 54.0 Å². The molecule has 0 spiro atoms. The van der Waals surface area contributed by atoms with Gasteiger partial charge >= 0.3 is 0 Å². The molecule has 0 bridgehead atoms. The Labute approximate surface area is 201 Å². The standard InChI is InChI=1S/C15H17N5O4.C7H8O3S/c1-14(2)23-11-9(5-21)22-15(6-16,12(11)24-14)10-4-3-8-13(17)18-7-19-20(8)10;1-6-2-4-7(5-3-6)11(8,9)10/h3-4,7,9,11-12,21H,5H2,1-2H3,(H2,17,18,19);2-5H,1H3,(H,8,9,10)/t9-,11-,12-,15+;/m1./s1. The van der Waals surface area contributed by atoms with Gasteiger partial charge < -0.3 is 25.1 Å². The summed E-state index contributed by atoms with van der Waals surface area (Å²) in [5, 5.41) is 23.8. The molecule has 0 amide bonds. The molecule has 2 aliphatic rings. The van der Waals surface area contributed by atoms with Crippen LogP contribution < -0.4 is 5.73 Å². The van der Waals surface area contributed by atoms with E-state index in [-0.39, 0.29) is 11.5 Å². The molecule has 2 fully saturated rings. The van der Waals surface area contributed by atoms with Crippen LogP contribution in [0.4, 0.5) is 5.82 Å². The lowest BCUT2D eigenvalue weighted by Crippen LogP contribution is -2.40. The van der Waals surface area contributed by atoms with E-state index in [1.54, 1.807) is 38.1 Å². The van der Waals surface area contributed by atoms with Gasteiger partial charge in [0.15, 0.2) is 11.6 Å². The topological polar surface area (TPSA) is 182 Å². The van der Waals surface area contributed by atoms with Crippen LogP contribution in [-0.2, 0) is 29.9 Å². The number of benzene rings is 1. The number of nitriles is 1. The average molecular weight is 504 g/mol. The van der Waals surface area contributed by atoms with Crippen molar-refractivity contribution in [2.75, 3.05) is 12.3 Å². The first-order valence-electron chi connectivity index (χ1n) is 10.6. The summed E-state index contributed by atoms with van der Waals surface area (Å²) < 4.78 is 48.8. The zero-order valence-corrected chi connectivity index (χ0v) is 20.0. The Bertz CT molecular complexity index is 1380. The predicted molar refractivity (Wildman–Crippen MR) is 121 cm³/mol. The van der Waals surface area contributed by atoms with Crippen LogP contribution in [0.3, 0.4) is 0 Å². The minimum atomic E-state index is -4.02. The second-order valence-electron chi connectivity index (χ2n) is 8.66. The third-order valence-electron chi connectivity index (χ3n) is 5.76. The zero-order valence-electron chi connectivity index (χ0n) is 19.2. The van der Waals surface area contributed by atoms with E-state index in [1.807, 2.05) is 6.92 Å². The van der Waals surface area contributed by atoms with Gasteiger partial charge in [-0.2, -0.15) is 18.8 Å². The molecule has 13 heteroatoms. The Morgan fingerprint density at radius 1 is 1.17 bits per heavy atom. The lowest BCUT2D eigenvalue weighted by Gasteiger charge is -2.28. The van der Waals surface area contributed by atoms with Crippen LogP contribution in [0.15, 0.2) is 47.6 Å². The van der Waals surface area contributed by atoms with Crippen LogP contribution in [0.5, 0.6) is 0 Å². The summed E-state index contributed by atoms with van der Waals surface area (Å²) in [7, 11) is -4.02. The first-order chi connectivity index (χ1) is 16.4. The van der Waals surface area contributed by atoms with E-state index >= 15 is 0 Å². The number of nitrogens with two attached hydrogens (primary N) is 1. The van der Waals surface area contributed by atoms with Crippen molar-refractivity contribution < 1.29 is 32.3 Å². The minimum Gasteiger partial charge on any atom is -0.394 e. The molecule has 0 saturated carbocycles. The largest absolute Gasteiger partial charge is 0.394 e. The van der Waals surface area contributed by atoms with Gasteiger partial charge in [0.05, 0.1) is 17.2 Å². The maximum Gasteiger partial charge on any atom is 0.294 e. The van der Waals surface area contributed by atoms with Crippen molar-refractivity contribution in [1.29, 1.82) is 5.26 Å². The van der Waals surface area contributed by atoms with E-state index in [0.717, 1.165) is 5.56 Å². The number of aliphatic hydroxyl groups excluding tert-OH is 1. The predicted octanol–water partition coefficient (Wildman–Crippen LogP) is 1.18. The fourth-order valence-electron chi connectivity index (χ4n) is 4.19. The van der Waals surface area contributed by atoms with Crippen LogP contribution in [0.2, 0.25) is 0 Å². The van der Waals surface area contributed by atoms with Gasteiger partial charge in [-0.25, -0.2) is 9.50 Å². The number of aryl methyl sites for hydroxylation is 1. The van der Waals surface area contributed by atoms with Crippen molar-refractivity contribution in [3.8, 4) is 6.07 Å². The lowest BCUT2D eigenvalue weighted by molar-refractivity contribution is -0.204. The fourth-order valence-corrected chi connectivity index (χ4v) is 4.67. The summed E-state index contributed by atoms with van der Waals surface area (Å²) in [6, 6.07) is 11.6. The second-order valence-corrected chi connectivity index (χ2v) is 10.1. The average Bonchev–Trinajstić information content (AvgIpc) is 3.45. The number of rotatable bonds is 3. The van der Waals surface area contributed by atoms with Crippen molar-refractivity contribution in [1.82, 2.24) is 14.6 Å². The summed E-state index contributed by atoms with van der Waals surface area (Å²) in [6.45, 7) is 5.08. The molecular weight excluding hydrogens is 478 g/mol. The van der Waals surface area contributed by atoms with Crippen LogP contribution in [0.1, 0.15) is 25.1 Å². The Hall–Kier alpha value is -3.12. The third kappa shape index (κ3) is 4.47. The molecule has 4 atom stereocenters. The number of aromatic nitrogens is 3. The smallest absolute Gasteiger partial charge is 0.294 e. The van der Waals surface area contributed by atoms with E-state index in [9.17, 15) is 18.8 Å². The van der Waals surface area contributed by atoms with E-state index < -0.39 is 39.8 Å². The van der Waals surface area contributed by atoms with Gasteiger partial charge in [0.1, 0.15) is 36.2 Å². The lowest BCUT2D eigenvalue weighted by atomic mass is 9.92. The SMILES string of the molecule is CC1(C)O[C@H]2[C@@H](O1)[C@](C#N)(c1ccc3c(N)ncnn13)O[C@@H]2CO.Cc1ccc(S(=O)(=O)O)cc1. The van der Waals surface area contributed by atoms with Gasteiger partial charge in [0.25, 0.3) is 10.1 Å². The number of hydrogen-bond acceptors (Lipinski definition) is 10. The highest BCUT2D eigenvalue weighted by Crippen LogP contribution is 2.49. The highest BCUT2D eigenvalue weighted by Gasteiger charge is 2.65. The number of aliphatic hydroxyl groups is 1. The third-order valence-corrected chi connectivity index (χ3v) is 6.63. The number of nitrogen functional groups attached to an aromatic ring is 1. The quantitative estimate of drug-likeness (QED) is 0.436. The molecule has 5 rings (SSSR count). The van der Waals surface area contributed by atoms with Crippen LogP contribution in [0, 0.1) is 18.3 Å². The van der Waals surface area contributed by atoms with E-state index in [0.29, 0.717) is 17.0 Å². The monoisotopic (exact) mass is 503 g/mol. The molecule has 2 saturated heterocycles. The van der Waals surface area contributed by atoms with E-state index in [2.05, 4.69) is 16.2 Å². The molecule has 1 aromatic carbocycles. The van der Waals surface area contributed by atoms with Gasteiger partial charge in [-0.15, -0.1) is 0 Å². The van der Waals surface area contributed by atoms with Crippen molar-refractivity contribution in [3.63, 3.8) is 0 Å². The van der Waals surface area contributed by atoms with Gasteiger partial charge in [-0.3, -0.25) is 4.55 Å².